The normalized spacial score (nSPS) is 23.9. The Morgan fingerprint density at radius 2 is 1.40 bits per heavy atom. The zero-order chi connectivity index (χ0) is 16.3. The minimum absolute atomic E-state index is 0. The molecule has 0 aromatic rings. The number of nitrogens with two attached hydrogens (primary N) is 1. The Bertz CT molecular complexity index is 361. The minimum Gasteiger partial charge on any atom is -0.381 e. The van der Waals surface area contributed by atoms with Gasteiger partial charge in [0.2, 0.25) is 10.0 Å². The lowest BCUT2D eigenvalue weighted by Gasteiger charge is -2.12. The molecule has 2 saturated heterocycles. The quantitative estimate of drug-likeness (QED) is 0.777. The van der Waals surface area contributed by atoms with Gasteiger partial charge < -0.3 is 15.2 Å². The summed E-state index contributed by atoms with van der Waals surface area (Å²) in [6, 6.07) is 0. The number of hydrogen-bond acceptors (Lipinski definition) is 5. The summed E-state index contributed by atoms with van der Waals surface area (Å²) in [6.45, 7) is 4.63. The van der Waals surface area contributed by atoms with Crippen molar-refractivity contribution < 1.29 is 17.9 Å². The molecule has 2 heterocycles. The molecule has 7 heteroatoms. The predicted molar refractivity (Wildman–Crippen MR) is 108 cm³/mol. The summed E-state index contributed by atoms with van der Waals surface area (Å²) in [5.74, 6) is 0.977. The van der Waals surface area contributed by atoms with Gasteiger partial charge in [0.05, 0.1) is 19.5 Å². The molecule has 0 radical (unpaired) electrons. The Balaban J connectivity index is -0.000000362. The molecular formula is C18H44N2O4S. The highest BCUT2D eigenvalue weighted by atomic mass is 32.2. The molecule has 2 aliphatic heterocycles. The third-order valence-corrected chi connectivity index (χ3v) is 4.67. The molecule has 2 rings (SSSR count). The van der Waals surface area contributed by atoms with Crippen molar-refractivity contribution in [3.8, 4) is 0 Å². The van der Waals surface area contributed by atoms with Crippen LogP contribution in [0, 0.1) is 11.8 Å². The van der Waals surface area contributed by atoms with E-state index in [4.69, 9.17) is 15.2 Å². The molecule has 0 aromatic carbocycles. The zero-order valence-corrected chi connectivity index (χ0v) is 14.6. The number of ether oxygens (including phenoxy) is 2. The van der Waals surface area contributed by atoms with Gasteiger partial charge in [-0.25, -0.2) is 13.1 Å². The molecule has 3 N–H and O–H groups in total. The second kappa shape index (κ2) is 17.2. The van der Waals surface area contributed by atoms with Crippen LogP contribution in [0.4, 0.5) is 0 Å². The van der Waals surface area contributed by atoms with Crippen molar-refractivity contribution in [3.05, 3.63) is 0 Å². The van der Waals surface area contributed by atoms with Gasteiger partial charge in [0.1, 0.15) is 0 Å². The van der Waals surface area contributed by atoms with Crippen LogP contribution < -0.4 is 10.5 Å². The van der Waals surface area contributed by atoms with Crippen LogP contribution in [0.5, 0.6) is 0 Å². The molecule has 2 fully saturated rings. The first-order valence-corrected chi connectivity index (χ1v) is 10.2. The van der Waals surface area contributed by atoms with Crippen LogP contribution in [-0.4, -0.2) is 54.2 Å². The van der Waals surface area contributed by atoms with Gasteiger partial charge in [0.15, 0.2) is 0 Å². The Hall–Kier alpha value is -0.210. The summed E-state index contributed by atoms with van der Waals surface area (Å²) < 4.78 is 34.8. The molecule has 0 bridgehead atoms. The monoisotopic (exact) mass is 384 g/mol. The van der Waals surface area contributed by atoms with E-state index in [1.165, 1.54) is 25.5 Å². The third-order valence-electron chi connectivity index (χ3n) is 3.98. The number of rotatable bonds is 4. The fraction of sp³-hybridized carbons (Fsp3) is 1.00. The van der Waals surface area contributed by atoms with E-state index in [1.807, 2.05) is 0 Å². The fourth-order valence-corrected chi connectivity index (χ4v) is 3.10. The molecular weight excluding hydrogens is 340 g/mol. The Morgan fingerprint density at radius 3 is 1.88 bits per heavy atom. The Kier molecular flexibility index (Phi) is 20.3. The van der Waals surface area contributed by atoms with Crippen LogP contribution in [0.1, 0.15) is 60.8 Å². The topological polar surface area (TPSA) is 90.7 Å². The van der Waals surface area contributed by atoms with Crippen LogP contribution >= 0.6 is 0 Å². The van der Waals surface area contributed by atoms with Crippen molar-refractivity contribution in [1.82, 2.24) is 4.72 Å². The maximum absolute atomic E-state index is 10.8. The van der Waals surface area contributed by atoms with E-state index in [2.05, 4.69) is 4.72 Å². The van der Waals surface area contributed by atoms with Crippen molar-refractivity contribution in [2.45, 2.75) is 60.8 Å². The van der Waals surface area contributed by atoms with Crippen molar-refractivity contribution >= 4 is 10.0 Å². The van der Waals surface area contributed by atoms with E-state index in [1.54, 1.807) is 0 Å². The first-order valence-electron chi connectivity index (χ1n) is 8.31. The Labute approximate surface area is 157 Å². The number of sulfonamides is 1. The van der Waals surface area contributed by atoms with E-state index in [9.17, 15) is 8.42 Å². The summed E-state index contributed by atoms with van der Waals surface area (Å²) in [5.41, 5.74) is 5.49. The van der Waals surface area contributed by atoms with Crippen molar-refractivity contribution in [3.63, 3.8) is 0 Å². The molecule has 2 aliphatic rings. The summed E-state index contributed by atoms with van der Waals surface area (Å²) in [4.78, 5) is 0. The van der Waals surface area contributed by atoms with Gasteiger partial charge in [-0.3, -0.25) is 0 Å². The lowest BCUT2D eigenvalue weighted by Crippen LogP contribution is -2.29. The predicted octanol–water partition coefficient (Wildman–Crippen LogP) is 3.02. The third kappa shape index (κ3) is 17.0. The Morgan fingerprint density at radius 1 is 0.920 bits per heavy atom. The molecule has 0 aliphatic carbocycles. The summed E-state index contributed by atoms with van der Waals surface area (Å²) in [6.07, 6.45) is 8.24. The van der Waals surface area contributed by atoms with Gasteiger partial charge >= 0.3 is 0 Å². The smallest absolute Gasteiger partial charge is 0.208 e. The molecule has 0 amide bonds. The second-order valence-electron chi connectivity index (χ2n) is 6.23. The highest BCUT2D eigenvalue weighted by Gasteiger charge is 2.14. The lowest BCUT2D eigenvalue weighted by atomic mass is 10.0. The fourth-order valence-electron chi connectivity index (χ4n) is 2.56. The van der Waals surface area contributed by atoms with Gasteiger partial charge in [-0.1, -0.05) is 35.1 Å². The highest BCUT2D eigenvalue weighted by molar-refractivity contribution is 7.88. The standard InChI is InChI=1S/C8H17NO3S.C7H15NO.3CH4/c1-13(10,11)9-6-8-4-2-3-5-12-7-8;8-5-7-3-1-2-4-9-6-7;;;/h8-9H,2-7H2,1H3;7H,1-6,8H2;3*1H4. The molecule has 0 saturated carbocycles. The first kappa shape index (κ1) is 29.5. The molecule has 0 spiro atoms. The largest absolute Gasteiger partial charge is 0.381 e. The highest BCUT2D eigenvalue weighted by Crippen LogP contribution is 2.13. The van der Waals surface area contributed by atoms with Crippen molar-refractivity contribution in [2.75, 3.05) is 45.8 Å². The SMILES string of the molecule is C.C.C.CS(=O)(=O)NCC1CCCCOC1.NCC1CCCCOC1. The number of nitrogens with one attached hydrogen (secondary N) is 1. The van der Waals surface area contributed by atoms with Crippen molar-refractivity contribution in [1.29, 1.82) is 0 Å². The number of hydrogen-bond donors (Lipinski definition) is 2. The van der Waals surface area contributed by atoms with Crippen LogP contribution in [-0.2, 0) is 19.5 Å². The van der Waals surface area contributed by atoms with Crippen LogP contribution in [0.3, 0.4) is 0 Å². The summed E-state index contributed by atoms with van der Waals surface area (Å²) in [7, 11) is -3.04. The van der Waals surface area contributed by atoms with Gasteiger partial charge in [0.25, 0.3) is 0 Å². The van der Waals surface area contributed by atoms with E-state index in [-0.39, 0.29) is 22.3 Å². The molecule has 6 nitrogen and oxygen atoms in total. The van der Waals surface area contributed by atoms with E-state index < -0.39 is 10.0 Å². The summed E-state index contributed by atoms with van der Waals surface area (Å²) in [5, 5.41) is 0. The van der Waals surface area contributed by atoms with Gasteiger partial charge in [-0.15, -0.1) is 0 Å². The maximum Gasteiger partial charge on any atom is 0.208 e. The average molecular weight is 385 g/mol. The first-order chi connectivity index (χ1) is 10.5. The van der Waals surface area contributed by atoms with E-state index >= 15 is 0 Å². The maximum atomic E-state index is 10.8. The second-order valence-corrected chi connectivity index (χ2v) is 8.06. The van der Waals surface area contributed by atoms with E-state index in [0.717, 1.165) is 45.6 Å². The van der Waals surface area contributed by atoms with Crippen LogP contribution in [0.25, 0.3) is 0 Å². The molecule has 2 atom stereocenters. The lowest BCUT2D eigenvalue weighted by molar-refractivity contribution is 0.117. The molecule has 2 unspecified atom stereocenters. The van der Waals surface area contributed by atoms with Crippen molar-refractivity contribution in [2.24, 2.45) is 17.6 Å². The molecule has 0 aromatic heterocycles. The van der Waals surface area contributed by atoms with E-state index in [0.29, 0.717) is 25.0 Å². The van der Waals surface area contributed by atoms with Crippen LogP contribution in [0.15, 0.2) is 0 Å². The zero-order valence-electron chi connectivity index (χ0n) is 13.8. The molecule has 156 valence electrons. The summed E-state index contributed by atoms with van der Waals surface area (Å²) >= 11 is 0. The molecule has 25 heavy (non-hydrogen) atoms. The van der Waals surface area contributed by atoms with Gasteiger partial charge in [0, 0.05) is 19.8 Å². The van der Waals surface area contributed by atoms with Gasteiger partial charge in [-0.2, -0.15) is 0 Å². The minimum atomic E-state index is -3.04. The van der Waals surface area contributed by atoms with Crippen LogP contribution in [0.2, 0.25) is 0 Å². The van der Waals surface area contributed by atoms with Gasteiger partial charge in [-0.05, 0) is 44.1 Å². The average Bonchev–Trinajstić information content (AvgIpc) is 2.89.